The average molecular weight is 322 g/mol. The quantitative estimate of drug-likeness (QED) is 0.630. The van der Waals surface area contributed by atoms with E-state index in [0.717, 1.165) is 16.9 Å². The van der Waals surface area contributed by atoms with Crippen molar-refractivity contribution in [3.63, 3.8) is 0 Å². The number of pyridine rings is 1. The van der Waals surface area contributed by atoms with Crippen molar-refractivity contribution in [3.05, 3.63) is 65.5 Å². The van der Waals surface area contributed by atoms with Gasteiger partial charge in [-0.05, 0) is 36.2 Å². The Bertz CT molecular complexity index is 776. The molecule has 24 heavy (non-hydrogen) atoms. The fraction of sp³-hybridized carbons (Fsp3) is 0.167. The number of carbonyl (C=O) groups is 1. The van der Waals surface area contributed by atoms with Crippen LogP contribution in [-0.4, -0.2) is 18.0 Å². The van der Waals surface area contributed by atoms with Crippen molar-refractivity contribution in [3.8, 4) is 11.8 Å². The maximum atomic E-state index is 12.1. The Kier molecular flexibility index (Phi) is 5.92. The highest BCUT2D eigenvalue weighted by Gasteiger charge is 2.09. The van der Waals surface area contributed by atoms with Crippen molar-refractivity contribution in [2.75, 3.05) is 12.4 Å². The van der Waals surface area contributed by atoms with E-state index < -0.39 is 5.91 Å². The van der Waals surface area contributed by atoms with Gasteiger partial charge in [-0.25, -0.2) is 4.98 Å². The van der Waals surface area contributed by atoms with Gasteiger partial charge in [0.25, 0.3) is 5.91 Å². The average Bonchev–Trinajstić information content (AvgIpc) is 2.62. The molecule has 2 N–H and O–H groups in total. The molecule has 0 atom stereocenters. The molecule has 0 saturated carbocycles. The molecule has 6 heteroatoms. The summed E-state index contributed by atoms with van der Waals surface area (Å²) in [4.78, 5) is 16.2. The predicted octanol–water partition coefficient (Wildman–Crippen LogP) is 2.53. The first-order chi connectivity index (χ1) is 11.6. The number of nitrogens with zero attached hydrogens (tertiary/aromatic N) is 2. The van der Waals surface area contributed by atoms with Crippen LogP contribution in [0.4, 0.5) is 5.82 Å². The van der Waals surface area contributed by atoms with Crippen molar-refractivity contribution >= 4 is 11.7 Å². The second-order valence-electron chi connectivity index (χ2n) is 5.01. The van der Waals surface area contributed by atoms with Gasteiger partial charge in [-0.1, -0.05) is 18.2 Å². The largest absolute Gasteiger partial charge is 0.497 e. The fourth-order valence-corrected chi connectivity index (χ4v) is 1.95. The smallest absolute Gasteiger partial charge is 0.263 e. The lowest BCUT2D eigenvalue weighted by atomic mass is 10.2. The molecule has 0 radical (unpaired) electrons. The Morgan fingerprint density at radius 2 is 2.08 bits per heavy atom. The van der Waals surface area contributed by atoms with Crippen LogP contribution in [0.15, 0.2) is 54.4 Å². The number of nitrogens with one attached hydrogen (secondary N) is 2. The highest BCUT2D eigenvalue weighted by Crippen LogP contribution is 2.12. The van der Waals surface area contributed by atoms with Crippen molar-refractivity contribution in [2.24, 2.45) is 0 Å². The second-order valence-corrected chi connectivity index (χ2v) is 5.01. The first-order valence-corrected chi connectivity index (χ1v) is 7.33. The Hall–Kier alpha value is -3.33. The van der Waals surface area contributed by atoms with Gasteiger partial charge in [0, 0.05) is 18.9 Å². The van der Waals surface area contributed by atoms with Crippen molar-refractivity contribution in [1.82, 2.24) is 10.3 Å². The molecule has 6 nitrogen and oxygen atoms in total. The maximum absolute atomic E-state index is 12.1. The van der Waals surface area contributed by atoms with Crippen LogP contribution < -0.4 is 15.4 Å². The maximum Gasteiger partial charge on any atom is 0.263 e. The van der Waals surface area contributed by atoms with Gasteiger partial charge < -0.3 is 15.4 Å². The third-order valence-electron chi connectivity index (χ3n) is 3.34. The van der Waals surface area contributed by atoms with Gasteiger partial charge in [0.05, 0.1) is 7.11 Å². The topological polar surface area (TPSA) is 87.0 Å². The predicted molar refractivity (Wildman–Crippen MR) is 91.1 cm³/mol. The number of nitriles is 1. The minimum atomic E-state index is -0.450. The first-order valence-electron chi connectivity index (χ1n) is 7.33. The molecule has 2 rings (SSSR count). The number of rotatable bonds is 6. The molecule has 0 bridgehead atoms. The zero-order valence-electron chi connectivity index (χ0n) is 13.5. The van der Waals surface area contributed by atoms with E-state index >= 15 is 0 Å². The van der Waals surface area contributed by atoms with Gasteiger partial charge in [-0.15, -0.1) is 0 Å². The van der Waals surface area contributed by atoms with Gasteiger partial charge in [0.1, 0.15) is 23.2 Å². The highest BCUT2D eigenvalue weighted by molar-refractivity contribution is 5.97. The van der Waals surface area contributed by atoms with Gasteiger partial charge in [-0.2, -0.15) is 5.26 Å². The number of carbonyl (C=O) groups excluding carboxylic acids is 1. The molecular weight excluding hydrogens is 304 g/mol. The monoisotopic (exact) mass is 322 g/mol. The molecule has 122 valence electrons. The summed E-state index contributed by atoms with van der Waals surface area (Å²) in [5, 5.41) is 14.7. The Morgan fingerprint density at radius 3 is 2.71 bits per heavy atom. The second kappa shape index (κ2) is 8.34. The van der Waals surface area contributed by atoms with Crippen LogP contribution in [0, 0.1) is 18.3 Å². The zero-order valence-corrected chi connectivity index (χ0v) is 13.5. The van der Waals surface area contributed by atoms with E-state index in [-0.39, 0.29) is 5.57 Å². The van der Waals surface area contributed by atoms with Crippen LogP contribution in [0.25, 0.3) is 0 Å². The SMILES string of the molecule is COc1ccc(CNC(=O)/C(C#N)=C\Nc2ncccc2C)cc1. The number of benzene rings is 1. The van der Waals surface area contributed by atoms with Crippen LogP contribution in [0.1, 0.15) is 11.1 Å². The summed E-state index contributed by atoms with van der Waals surface area (Å²) >= 11 is 0. The highest BCUT2D eigenvalue weighted by atomic mass is 16.5. The van der Waals surface area contributed by atoms with Crippen molar-refractivity contribution in [2.45, 2.75) is 13.5 Å². The fourth-order valence-electron chi connectivity index (χ4n) is 1.95. The van der Waals surface area contributed by atoms with Crippen LogP contribution in [0.2, 0.25) is 0 Å². The third-order valence-corrected chi connectivity index (χ3v) is 3.34. The molecule has 0 saturated heterocycles. The molecule has 1 aromatic carbocycles. The lowest BCUT2D eigenvalue weighted by molar-refractivity contribution is -0.117. The van der Waals surface area contributed by atoms with Gasteiger partial charge in [-0.3, -0.25) is 4.79 Å². The molecule has 0 spiro atoms. The molecule has 1 amide bonds. The van der Waals surface area contributed by atoms with Crippen LogP contribution in [0.3, 0.4) is 0 Å². The lowest BCUT2D eigenvalue weighted by Crippen LogP contribution is -2.24. The summed E-state index contributed by atoms with van der Waals surface area (Å²) in [5.74, 6) is 0.903. The summed E-state index contributed by atoms with van der Waals surface area (Å²) < 4.78 is 5.08. The molecule has 0 aliphatic rings. The minimum Gasteiger partial charge on any atom is -0.497 e. The molecule has 0 unspecified atom stereocenters. The van der Waals surface area contributed by atoms with Gasteiger partial charge in [0.15, 0.2) is 0 Å². The van der Waals surface area contributed by atoms with E-state index in [1.54, 1.807) is 13.3 Å². The normalized spacial score (nSPS) is 10.6. The number of methoxy groups -OCH3 is 1. The Balaban J connectivity index is 1.97. The van der Waals surface area contributed by atoms with E-state index in [1.165, 1.54) is 6.20 Å². The molecule has 0 aliphatic carbocycles. The number of aryl methyl sites for hydroxylation is 1. The summed E-state index contributed by atoms with van der Waals surface area (Å²) in [5.41, 5.74) is 1.81. The molecule has 0 fully saturated rings. The number of ether oxygens (including phenoxy) is 1. The number of amides is 1. The van der Waals surface area contributed by atoms with Crippen LogP contribution in [0.5, 0.6) is 5.75 Å². The Labute approximate surface area is 140 Å². The molecule has 1 aromatic heterocycles. The van der Waals surface area contributed by atoms with Crippen molar-refractivity contribution < 1.29 is 9.53 Å². The van der Waals surface area contributed by atoms with Crippen molar-refractivity contribution in [1.29, 1.82) is 5.26 Å². The molecule has 0 aliphatic heterocycles. The number of anilines is 1. The Morgan fingerprint density at radius 1 is 1.33 bits per heavy atom. The van der Waals surface area contributed by atoms with Gasteiger partial charge >= 0.3 is 0 Å². The summed E-state index contributed by atoms with van der Waals surface area (Å²) in [6.07, 6.45) is 3.00. The molecule has 1 heterocycles. The number of aromatic nitrogens is 1. The van der Waals surface area contributed by atoms with E-state index in [2.05, 4.69) is 15.6 Å². The van der Waals surface area contributed by atoms with E-state index in [0.29, 0.717) is 12.4 Å². The summed E-state index contributed by atoms with van der Waals surface area (Å²) in [7, 11) is 1.59. The standard InChI is InChI=1S/C18H18N4O2/c1-13-4-3-9-20-17(13)21-12-15(10-19)18(23)22-11-14-5-7-16(24-2)8-6-14/h3-9,12H,11H2,1-2H3,(H,20,21)(H,22,23)/b15-12-. The first kappa shape index (κ1) is 17.0. The minimum absolute atomic E-state index is 0.0198. The van der Waals surface area contributed by atoms with E-state index in [9.17, 15) is 4.79 Å². The molecule has 2 aromatic rings. The van der Waals surface area contributed by atoms with E-state index in [4.69, 9.17) is 10.00 Å². The van der Waals surface area contributed by atoms with E-state index in [1.807, 2.05) is 49.4 Å². The summed E-state index contributed by atoms with van der Waals surface area (Å²) in [6, 6.07) is 12.9. The van der Waals surface area contributed by atoms with Crippen LogP contribution in [-0.2, 0) is 11.3 Å². The molecular formula is C18H18N4O2. The summed E-state index contributed by atoms with van der Waals surface area (Å²) in [6.45, 7) is 2.21. The third kappa shape index (κ3) is 4.58. The lowest BCUT2D eigenvalue weighted by Gasteiger charge is -2.07. The number of hydrogen-bond donors (Lipinski definition) is 2. The van der Waals surface area contributed by atoms with Gasteiger partial charge in [0.2, 0.25) is 0 Å². The zero-order chi connectivity index (χ0) is 17.4. The van der Waals surface area contributed by atoms with Crippen LogP contribution >= 0.6 is 0 Å². The number of hydrogen-bond acceptors (Lipinski definition) is 5.